The topological polar surface area (TPSA) is 86.8 Å². The molecule has 1 N–H and O–H groups in total. The van der Waals surface area contributed by atoms with Crippen LogP contribution in [0.25, 0.3) is 0 Å². The highest BCUT2D eigenvalue weighted by Gasteiger charge is 2.35. The van der Waals surface area contributed by atoms with Gasteiger partial charge in [0.2, 0.25) is 11.8 Å². The van der Waals surface area contributed by atoms with Crippen LogP contribution >= 0.6 is 11.6 Å². The van der Waals surface area contributed by atoms with Crippen molar-refractivity contribution in [2.24, 2.45) is 0 Å². The summed E-state index contributed by atoms with van der Waals surface area (Å²) >= 11 is 6.13. The van der Waals surface area contributed by atoms with Crippen LogP contribution in [0.5, 0.6) is 0 Å². The van der Waals surface area contributed by atoms with Crippen LogP contribution in [0.1, 0.15) is 71.7 Å². The fourth-order valence-corrected chi connectivity index (χ4v) is 4.99. The molecule has 1 aliphatic carbocycles. The van der Waals surface area contributed by atoms with Crippen LogP contribution < -0.4 is 5.32 Å². The molecule has 1 saturated carbocycles. The van der Waals surface area contributed by atoms with Gasteiger partial charge in [0.15, 0.2) is 0 Å². The van der Waals surface area contributed by atoms with E-state index in [1.54, 1.807) is 48.2 Å². The minimum atomic E-state index is -0.665. The Bertz CT molecular complexity index is 1090. The summed E-state index contributed by atoms with van der Waals surface area (Å²) in [5, 5.41) is 3.64. The molecular formula is C27H30ClN3O4. The fourth-order valence-electron chi connectivity index (χ4n) is 4.78. The lowest BCUT2D eigenvalue weighted by Gasteiger charge is -2.30. The summed E-state index contributed by atoms with van der Waals surface area (Å²) in [6.45, 7) is 2.12. The molecule has 0 bridgehead atoms. The van der Waals surface area contributed by atoms with E-state index >= 15 is 0 Å². The number of fused-ring (bicyclic) bond motifs is 1. The molecule has 0 aromatic heterocycles. The second kappa shape index (κ2) is 11.0. The molecule has 4 rings (SSSR count). The number of carbonyl (C=O) groups excluding carboxylic acids is 4. The molecule has 1 atom stereocenters. The first-order chi connectivity index (χ1) is 16.8. The molecule has 8 heteroatoms. The number of halogens is 1. The van der Waals surface area contributed by atoms with Gasteiger partial charge in [0, 0.05) is 30.6 Å². The number of hydrogen-bond acceptors (Lipinski definition) is 4. The van der Waals surface area contributed by atoms with E-state index in [9.17, 15) is 19.2 Å². The SMILES string of the molecule is CC(C(=O)NC1CCCC1)N(Cc1cccc(Cl)c1)C(=O)CCCN1C(=O)c2ccccc2C1=O. The molecule has 2 aromatic carbocycles. The predicted octanol–water partition coefficient (Wildman–Crippen LogP) is 4.19. The molecule has 2 aliphatic rings. The van der Waals surface area contributed by atoms with E-state index in [1.165, 1.54) is 4.90 Å². The van der Waals surface area contributed by atoms with Crippen molar-refractivity contribution in [3.63, 3.8) is 0 Å². The normalized spacial score (nSPS) is 16.3. The Morgan fingerprint density at radius 2 is 1.71 bits per heavy atom. The van der Waals surface area contributed by atoms with Gasteiger partial charge in [-0.15, -0.1) is 0 Å². The van der Waals surface area contributed by atoms with Gasteiger partial charge in [0.25, 0.3) is 11.8 Å². The first-order valence-electron chi connectivity index (χ1n) is 12.1. The van der Waals surface area contributed by atoms with Crippen LogP contribution in [-0.2, 0) is 16.1 Å². The highest BCUT2D eigenvalue weighted by molar-refractivity contribution is 6.30. The summed E-state index contributed by atoms with van der Waals surface area (Å²) in [6.07, 6.45) is 4.54. The van der Waals surface area contributed by atoms with Gasteiger partial charge < -0.3 is 10.2 Å². The Morgan fingerprint density at radius 3 is 2.34 bits per heavy atom. The maximum atomic E-state index is 13.3. The summed E-state index contributed by atoms with van der Waals surface area (Å²) in [7, 11) is 0. The number of nitrogens with one attached hydrogen (secondary N) is 1. The summed E-state index contributed by atoms with van der Waals surface area (Å²) < 4.78 is 0. The Kier molecular flexibility index (Phi) is 7.86. The van der Waals surface area contributed by atoms with E-state index in [0.29, 0.717) is 22.6 Å². The van der Waals surface area contributed by atoms with Gasteiger partial charge in [0.05, 0.1) is 11.1 Å². The van der Waals surface area contributed by atoms with E-state index in [0.717, 1.165) is 31.2 Å². The average Bonchev–Trinajstić information content (AvgIpc) is 3.44. The van der Waals surface area contributed by atoms with Crippen molar-refractivity contribution in [2.45, 2.75) is 64.1 Å². The zero-order valence-electron chi connectivity index (χ0n) is 19.8. The monoisotopic (exact) mass is 495 g/mol. The van der Waals surface area contributed by atoms with Gasteiger partial charge in [0.1, 0.15) is 6.04 Å². The largest absolute Gasteiger partial charge is 0.352 e. The third-order valence-electron chi connectivity index (χ3n) is 6.76. The Morgan fingerprint density at radius 1 is 1.06 bits per heavy atom. The second-order valence-electron chi connectivity index (χ2n) is 9.23. The lowest BCUT2D eigenvalue weighted by molar-refractivity contribution is -0.141. The van der Waals surface area contributed by atoms with Crippen molar-refractivity contribution in [2.75, 3.05) is 6.54 Å². The van der Waals surface area contributed by atoms with E-state index < -0.39 is 6.04 Å². The van der Waals surface area contributed by atoms with Gasteiger partial charge in [-0.25, -0.2) is 0 Å². The molecule has 1 unspecified atom stereocenters. The van der Waals surface area contributed by atoms with Gasteiger partial charge in [-0.2, -0.15) is 0 Å². The number of benzene rings is 2. The summed E-state index contributed by atoms with van der Waals surface area (Å²) in [4.78, 5) is 54.2. The van der Waals surface area contributed by atoms with Crippen molar-refractivity contribution in [1.29, 1.82) is 0 Å². The van der Waals surface area contributed by atoms with Gasteiger partial charge >= 0.3 is 0 Å². The van der Waals surface area contributed by atoms with Gasteiger partial charge in [-0.3, -0.25) is 24.1 Å². The molecule has 1 aliphatic heterocycles. The average molecular weight is 496 g/mol. The molecule has 0 spiro atoms. The number of nitrogens with zero attached hydrogens (tertiary/aromatic N) is 2. The van der Waals surface area contributed by atoms with Crippen LogP contribution in [0.3, 0.4) is 0 Å². The summed E-state index contributed by atoms with van der Waals surface area (Å²) in [5.41, 5.74) is 1.61. The van der Waals surface area contributed by atoms with Crippen molar-refractivity contribution < 1.29 is 19.2 Å². The number of carbonyl (C=O) groups is 4. The lowest BCUT2D eigenvalue weighted by Crippen LogP contribution is -2.49. The zero-order valence-corrected chi connectivity index (χ0v) is 20.6. The van der Waals surface area contributed by atoms with E-state index in [1.807, 2.05) is 12.1 Å². The Balaban J connectivity index is 1.41. The molecule has 2 aromatic rings. The highest BCUT2D eigenvalue weighted by atomic mass is 35.5. The molecular weight excluding hydrogens is 466 g/mol. The quantitative estimate of drug-likeness (QED) is 0.528. The van der Waals surface area contributed by atoms with Crippen LogP contribution in [0.2, 0.25) is 5.02 Å². The smallest absolute Gasteiger partial charge is 0.261 e. The van der Waals surface area contributed by atoms with Gasteiger partial charge in [-0.05, 0) is 56.0 Å². The predicted molar refractivity (Wildman–Crippen MR) is 133 cm³/mol. The fraction of sp³-hybridized carbons (Fsp3) is 0.407. The molecule has 0 radical (unpaired) electrons. The third-order valence-corrected chi connectivity index (χ3v) is 7.00. The number of rotatable bonds is 9. The van der Waals surface area contributed by atoms with Crippen LogP contribution in [0.15, 0.2) is 48.5 Å². The zero-order chi connectivity index (χ0) is 24.9. The minimum Gasteiger partial charge on any atom is -0.352 e. The third kappa shape index (κ3) is 5.73. The van der Waals surface area contributed by atoms with Crippen LogP contribution in [0, 0.1) is 0 Å². The minimum absolute atomic E-state index is 0.106. The number of hydrogen-bond donors (Lipinski definition) is 1. The molecule has 35 heavy (non-hydrogen) atoms. The molecule has 0 saturated heterocycles. The molecule has 1 fully saturated rings. The molecule has 184 valence electrons. The Hall–Kier alpha value is -3.19. The second-order valence-corrected chi connectivity index (χ2v) is 9.67. The maximum absolute atomic E-state index is 13.3. The van der Waals surface area contributed by atoms with Crippen molar-refractivity contribution in [3.8, 4) is 0 Å². The Labute approximate surface area is 210 Å². The number of imide groups is 1. The van der Waals surface area contributed by atoms with Crippen LogP contribution in [-0.4, -0.2) is 52.1 Å². The molecule has 4 amide bonds. The van der Waals surface area contributed by atoms with E-state index in [-0.39, 0.29) is 49.2 Å². The van der Waals surface area contributed by atoms with E-state index in [4.69, 9.17) is 11.6 Å². The maximum Gasteiger partial charge on any atom is 0.261 e. The first-order valence-corrected chi connectivity index (χ1v) is 12.5. The van der Waals surface area contributed by atoms with E-state index in [2.05, 4.69) is 5.32 Å². The lowest BCUT2D eigenvalue weighted by atomic mass is 10.1. The molecule has 1 heterocycles. The molecule has 7 nitrogen and oxygen atoms in total. The van der Waals surface area contributed by atoms with Crippen LogP contribution in [0.4, 0.5) is 0 Å². The standard InChI is InChI=1S/C27H30ClN3O4/c1-18(25(33)29-21-10-2-3-11-21)31(17-19-8-6-9-20(28)16-19)24(32)14-7-15-30-26(34)22-12-4-5-13-23(22)27(30)35/h4-6,8-9,12-13,16,18,21H,2-3,7,10-11,14-15,17H2,1H3,(H,29,33). The van der Waals surface area contributed by atoms with Gasteiger partial charge in [-0.1, -0.05) is 48.7 Å². The first kappa shape index (κ1) is 24.9. The van der Waals surface area contributed by atoms with Crippen molar-refractivity contribution >= 4 is 35.2 Å². The summed E-state index contributed by atoms with van der Waals surface area (Å²) in [5.74, 6) is -1.06. The summed E-state index contributed by atoms with van der Waals surface area (Å²) in [6, 6.07) is 13.4. The van der Waals surface area contributed by atoms with Crippen molar-refractivity contribution in [1.82, 2.24) is 15.1 Å². The highest BCUT2D eigenvalue weighted by Crippen LogP contribution is 2.23. The number of amides is 4. The van der Waals surface area contributed by atoms with Crippen molar-refractivity contribution in [3.05, 3.63) is 70.2 Å².